The summed E-state index contributed by atoms with van der Waals surface area (Å²) < 4.78 is 0. The molecule has 1 aliphatic heterocycles. The van der Waals surface area contributed by atoms with Crippen molar-refractivity contribution in [1.82, 2.24) is 20.9 Å². The Bertz CT molecular complexity index is 615. The van der Waals surface area contributed by atoms with Crippen molar-refractivity contribution < 1.29 is 9.90 Å². The molecule has 134 valence electrons. The van der Waals surface area contributed by atoms with Gasteiger partial charge in [0.1, 0.15) is 17.4 Å². The Morgan fingerprint density at radius 3 is 2.68 bits per heavy atom. The fraction of sp³-hybridized carbons (Fsp3) is 0.444. The van der Waals surface area contributed by atoms with E-state index in [-0.39, 0.29) is 17.2 Å². The molecule has 0 bridgehead atoms. The van der Waals surface area contributed by atoms with Gasteiger partial charge in [-0.2, -0.15) is 5.26 Å². The summed E-state index contributed by atoms with van der Waals surface area (Å²) in [7, 11) is 0. The lowest BCUT2D eigenvalue weighted by molar-refractivity contribution is -0.117. The zero-order valence-corrected chi connectivity index (χ0v) is 14.3. The maximum atomic E-state index is 12.0. The number of phenolic OH excluding ortho intramolecular Hbond substituents is 1. The van der Waals surface area contributed by atoms with Crippen LogP contribution < -0.4 is 16.0 Å². The number of phenols is 1. The number of hydrogen-bond donors (Lipinski definition) is 4. The summed E-state index contributed by atoms with van der Waals surface area (Å²) in [6, 6.07) is 8.76. The van der Waals surface area contributed by atoms with Gasteiger partial charge in [-0.1, -0.05) is 12.1 Å². The standard InChI is InChI=1S/C18H25N5O2/c19-13-16(14-21-9-12-23-10-7-20-8-11-23)18(25)22-6-5-15-1-3-17(24)4-2-15/h1-4,14,20-21,24H,5-12H2,(H,22,25)/b16-14-. The van der Waals surface area contributed by atoms with Gasteiger partial charge in [0.25, 0.3) is 5.91 Å². The maximum absolute atomic E-state index is 12.0. The molecule has 25 heavy (non-hydrogen) atoms. The van der Waals surface area contributed by atoms with Gasteiger partial charge in [-0.3, -0.25) is 9.69 Å². The number of rotatable bonds is 8. The summed E-state index contributed by atoms with van der Waals surface area (Å²) in [5, 5.41) is 27.4. The predicted octanol–water partition coefficient (Wildman–Crippen LogP) is -0.0468. The van der Waals surface area contributed by atoms with Crippen LogP contribution in [0.4, 0.5) is 0 Å². The first kappa shape index (κ1) is 18.8. The highest BCUT2D eigenvalue weighted by Gasteiger charge is 2.10. The Hall–Kier alpha value is -2.56. The van der Waals surface area contributed by atoms with Crippen LogP contribution in [-0.2, 0) is 11.2 Å². The second kappa shape index (κ2) is 10.3. The lowest BCUT2D eigenvalue weighted by Gasteiger charge is -2.26. The van der Waals surface area contributed by atoms with Crippen molar-refractivity contribution in [2.75, 3.05) is 45.8 Å². The number of piperazine rings is 1. The molecule has 1 saturated heterocycles. The molecule has 1 amide bonds. The predicted molar refractivity (Wildman–Crippen MR) is 95.8 cm³/mol. The molecule has 4 N–H and O–H groups in total. The highest BCUT2D eigenvalue weighted by atomic mass is 16.3. The van der Waals surface area contributed by atoms with Crippen LogP contribution in [0, 0.1) is 11.3 Å². The lowest BCUT2D eigenvalue weighted by Crippen LogP contribution is -2.45. The van der Waals surface area contributed by atoms with E-state index in [0.29, 0.717) is 19.5 Å². The van der Waals surface area contributed by atoms with Gasteiger partial charge in [-0.15, -0.1) is 0 Å². The number of nitrogens with one attached hydrogen (secondary N) is 3. The minimum atomic E-state index is -0.379. The highest BCUT2D eigenvalue weighted by Crippen LogP contribution is 2.09. The van der Waals surface area contributed by atoms with Crippen molar-refractivity contribution in [3.05, 3.63) is 41.6 Å². The monoisotopic (exact) mass is 343 g/mol. The van der Waals surface area contributed by atoms with Crippen LogP contribution in [0.3, 0.4) is 0 Å². The van der Waals surface area contributed by atoms with Crippen LogP contribution in [0.5, 0.6) is 5.75 Å². The Labute approximate surface area is 148 Å². The fourth-order valence-electron chi connectivity index (χ4n) is 2.56. The Morgan fingerprint density at radius 1 is 1.28 bits per heavy atom. The Balaban J connectivity index is 1.68. The summed E-state index contributed by atoms with van der Waals surface area (Å²) >= 11 is 0. The van der Waals surface area contributed by atoms with E-state index >= 15 is 0 Å². The maximum Gasteiger partial charge on any atom is 0.263 e. The summed E-state index contributed by atoms with van der Waals surface area (Å²) in [5.74, 6) is -0.162. The van der Waals surface area contributed by atoms with Crippen molar-refractivity contribution in [3.63, 3.8) is 0 Å². The van der Waals surface area contributed by atoms with Crippen molar-refractivity contribution in [2.24, 2.45) is 0 Å². The van der Waals surface area contributed by atoms with Gasteiger partial charge in [0, 0.05) is 52.0 Å². The van der Waals surface area contributed by atoms with Crippen molar-refractivity contribution in [3.8, 4) is 11.8 Å². The average Bonchev–Trinajstić information content (AvgIpc) is 2.64. The number of aromatic hydroxyl groups is 1. The average molecular weight is 343 g/mol. The Kier molecular flexibility index (Phi) is 7.76. The van der Waals surface area contributed by atoms with Crippen molar-refractivity contribution >= 4 is 5.91 Å². The SMILES string of the molecule is N#C/C(=C/NCCN1CCNCC1)C(=O)NCCc1ccc(O)cc1. The number of nitrogens with zero attached hydrogens (tertiary/aromatic N) is 2. The topological polar surface area (TPSA) is 100 Å². The second-order valence-electron chi connectivity index (χ2n) is 5.89. The molecule has 7 heteroatoms. The third-order valence-corrected chi connectivity index (χ3v) is 4.03. The van der Waals surface area contributed by atoms with Gasteiger partial charge >= 0.3 is 0 Å². The molecular weight excluding hydrogens is 318 g/mol. The van der Waals surface area contributed by atoms with E-state index in [1.807, 2.05) is 6.07 Å². The summed E-state index contributed by atoms with van der Waals surface area (Å²) in [6.07, 6.45) is 2.12. The largest absolute Gasteiger partial charge is 0.508 e. The quantitative estimate of drug-likeness (QED) is 0.300. The molecule has 0 unspecified atom stereocenters. The molecule has 1 heterocycles. The van der Waals surface area contributed by atoms with Crippen molar-refractivity contribution in [2.45, 2.75) is 6.42 Å². The molecule has 0 aliphatic carbocycles. The van der Waals surface area contributed by atoms with Gasteiger partial charge in [0.2, 0.25) is 0 Å². The first-order valence-corrected chi connectivity index (χ1v) is 8.52. The van der Waals surface area contributed by atoms with E-state index < -0.39 is 0 Å². The number of nitriles is 1. The van der Waals surface area contributed by atoms with Crippen LogP contribution in [0.25, 0.3) is 0 Å². The number of hydrogen-bond acceptors (Lipinski definition) is 6. The van der Waals surface area contributed by atoms with E-state index in [9.17, 15) is 9.90 Å². The van der Waals surface area contributed by atoms with Crippen LogP contribution in [0.15, 0.2) is 36.0 Å². The third kappa shape index (κ3) is 6.83. The van der Waals surface area contributed by atoms with E-state index in [0.717, 1.165) is 38.3 Å². The molecule has 1 fully saturated rings. The van der Waals surface area contributed by atoms with Crippen LogP contribution >= 0.6 is 0 Å². The summed E-state index contributed by atoms with van der Waals surface area (Å²) in [6.45, 7) is 6.07. The van der Waals surface area contributed by atoms with Crippen LogP contribution in [0.1, 0.15) is 5.56 Å². The van der Waals surface area contributed by atoms with Gasteiger partial charge in [-0.05, 0) is 24.1 Å². The van der Waals surface area contributed by atoms with E-state index in [2.05, 4.69) is 20.9 Å². The van der Waals surface area contributed by atoms with Gasteiger partial charge < -0.3 is 21.1 Å². The molecule has 0 aromatic heterocycles. The fourth-order valence-corrected chi connectivity index (χ4v) is 2.56. The van der Waals surface area contributed by atoms with Crippen LogP contribution in [-0.4, -0.2) is 61.7 Å². The number of carbonyl (C=O) groups excluding carboxylic acids is 1. The highest BCUT2D eigenvalue weighted by molar-refractivity contribution is 5.97. The molecule has 7 nitrogen and oxygen atoms in total. The molecule has 0 atom stereocenters. The lowest BCUT2D eigenvalue weighted by atomic mass is 10.1. The van der Waals surface area contributed by atoms with Gasteiger partial charge in [-0.25, -0.2) is 0 Å². The second-order valence-corrected chi connectivity index (χ2v) is 5.89. The van der Waals surface area contributed by atoms with E-state index in [4.69, 9.17) is 5.26 Å². The summed E-state index contributed by atoms with van der Waals surface area (Å²) in [4.78, 5) is 14.3. The zero-order valence-electron chi connectivity index (χ0n) is 14.3. The van der Waals surface area contributed by atoms with Crippen molar-refractivity contribution in [1.29, 1.82) is 5.26 Å². The molecular formula is C18H25N5O2. The molecule has 1 aromatic carbocycles. The summed E-state index contributed by atoms with van der Waals surface area (Å²) in [5.41, 5.74) is 1.08. The third-order valence-electron chi connectivity index (χ3n) is 4.03. The number of benzene rings is 1. The van der Waals surface area contributed by atoms with E-state index in [1.54, 1.807) is 24.3 Å². The van der Waals surface area contributed by atoms with Gasteiger partial charge in [0.15, 0.2) is 0 Å². The zero-order chi connectivity index (χ0) is 17.9. The first-order valence-electron chi connectivity index (χ1n) is 8.52. The molecule has 1 aliphatic rings. The minimum Gasteiger partial charge on any atom is -0.508 e. The minimum absolute atomic E-state index is 0.0750. The van der Waals surface area contributed by atoms with Gasteiger partial charge in [0.05, 0.1) is 0 Å². The smallest absolute Gasteiger partial charge is 0.263 e. The Morgan fingerprint density at radius 2 is 2.00 bits per heavy atom. The molecule has 0 spiro atoms. The first-order chi connectivity index (χ1) is 12.2. The van der Waals surface area contributed by atoms with E-state index in [1.165, 1.54) is 6.20 Å². The molecule has 0 saturated carbocycles. The van der Waals surface area contributed by atoms with Crippen LogP contribution in [0.2, 0.25) is 0 Å². The normalized spacial score (nSPS) is 15.4. The molecule has 1 aromatic rings. The molecule has 0 radical (unpaired) electrons. The molecule has 2 rings (SSSR count). The number of carbonyl (C=O) groups is 1. The number of amides is 1.